The van der Waals surface area contributed by atoms with Crippen molar-refractivity contribution in [2.24, 2.45) is 0 Å². The van der Waals surface area contributed by atoms with Crippen molar-refractivity contribution in [3.05, 3.63) is 53.8 Å². The fourth-order valence-corrected chi connectivity index (χ4v) is 1.69. The summed E-state index contributed by atoms with van der Waals surface area (Å²) in [5.74, 6) is 1.11. The maximum Gasteiger partial charge on any atom is 0.123 e. The summed E-state index contributed by atoms with van der Waals surface area (Å²) in [6.45, 7) is 2.60. The molecule has 0 unspecified atom stereocenters. The molecule has 2 N–H and O–H groups in total. The number of aryl methyl sites for hydroxylation is 1. The van der Waals surface area contributed by atoms with Crippen LogP contribution in [-0.4, -0.2) is 13.2 Å². The molecule has 0 saturated carbocycles. The molecule has 3 nitrogen and oxygen atoms in total. The Hall–Kier alpha value is -2.23. The molecular formula is C15H16FNO2. The third-order valence-corrected chi connectivity index (χ3v) is 2.60. The van der Waals surface area contributed by atoms with Gasteiger partial charge in [0.15, 0.2) is 0 Å². The van der Waals surface area contributed by atoms with Crippen LogP contribution in [0.4, 0.5) is 10.1 Å². The van der Waals surface area contributed by atoms with Gasteiger partial charge in [0.25, 0.3) is 0 Å². The van der Waals surface area contributed by atoms with E-state index in [4.69, 9.17) is 15.2 Å². The minimum Gasteiger partial charge on any atom is -0.490 e. The molecule has 19 heavy (non-hydrogen) atoms. The lowest BCUT2D eigenvalue weighted by atomic mass is 10.2. The summed E-state index contributed by atoms with van der Waals surface area (Å²) in [5.41, 5.74) is 7.07. The topological polar surface area (TPSA) is 44.5 Å². The van der Waals surface area contributed by atoms with Gasteiger partial charge in [-0.15, -0.1) is 0 Å². The van der Waals surface area contributed by atoms with Crippen molar-refractivity contribution >= 4 is 5.69 Å². The zero-order valence-electron chi connectivity index (χ0n) is 10.7. The first-order valence-corrected chi connectivity index (χ1v) is 6.02. The second kappa shape index (κ2) is 6.09. The molecule has 0 saturated heterocycles. The molecule has 2 aromatic carbocycles. The van der Waals surface area contributed by atoms with Crippen LogP contribution in [0.5, 0.6) is 11.5 Å². The van der Waals surface area contributed by atoms with Gasteiger partial charge in [0.05, 0.1) is 0 Å². The Balaban J connectivity index is 1.81. The maximum atomic E-state index is 12.9. The minimum absolute atomic E-state index is 0.263. The highest BCUT2D eigenvalue weighted by Gasteiger charge is 2.01. The highest BCUT2D eigenvalue weighted by molar-refractivity contribution is 5.43. The third kappa shape index (κ3) is 3.88. The average Bonchev–Trinajstić information content (AvgIpc) is 2.37. The van der Waals surface area contributed by atoms with E-state index >= 15 is 0 Å². The van der Waals surface area contributed by atoms with Gasteiger partial charge < -0.3 is 15.2 Å². The molecule has 100 valence electrons. The normalized spacial score (nSPS) is 10.2. The van der Waals surface area contributed by atoms with E-state index < -0.39 is 0 Å². The quantitative estimate of drug-likeness (QED) is 0.664. The van der Waals surface area contributed by atoms with Crippen LogP contribution in [0.1, 0.15) is 5.56 Å². The Kier molecular flexibility index (Phi) is 4.23. The van der Waals surface area contributed by atoms with Gasteiger partial charge in [0.2, 0.25) is 0 Å². The molecule has 4 heteroatoms. The van der Waals surface area contributed by atoms with E-state index in [0.717, 1.165) is 5.56 Å². The number of anilines is 1. The van der Waals surface area contributed by atoms with Crippen LogP contribution in [0.25, 0.3) is 0 Å². The zero-order valence-corrected chi connectivity index (χ0v) is 10.7. The standard InChI is InChI=1S/C15H16FNO2/c1-11-9-12(16)5-6-15(11)19-8-7-18-14-4-2-3-13(17)10-14/h2-6,9-10H,7-8,17H2,1H3. The Bertz CT molecular complexity index is 558. The van der Waals surface area contributed by atoms with Crippen LogP contribution < -0.4 is 15.2 Å². The number of rotatable bonds is 5. The van der Waals surface area contributed by atoms with Crippen LogP contribution >= 0.6 is 0 Å². The zero-order chi connectivity index (χ0) is 13.7. The van der Waals surface area contributed by atoms with Gasteiger partial charge in [-0.1, -0.05) is 6.07 Å². The fraction of sp³-hybridized carbons (Fsp3) is 0.200. The van der Waals surface area contributed by atoms with Crippen molar-refractivity contribution in [3.8, 4) is 11.5 Å². The maximum absolute atomic E-state index is 12.9. The molecule has 0 aromatic heterocycles. The predicted octanol–water partition coefficient (Wildman–Crippen LogP) is 3.17. The molecule has 0 fully saturated rings. The van der Waals surface area contributed by atoms with Gasteiger partial charge in [-0.3, -0.25) is 0 Å². The largest absolute Gasteiger partial charge is 0.490 e. The molecule has 0 bridgehead atoms. The summed E-state index contributed by atoms with van der Waals surface area (Å²) in [6.07, 6.45) is 0. The molecular weight excluding hydrogens is 245 g/mol. The van der Waals surface area contributed by atoms with E-state index in [1.165, 1.54) is 12.1 Å². The molecule has 0 spiro atoms. The molecule has 2 aromatic rings. The number of benzene rings is 2. The van der Waals surface area contributed by atoms with Gasteiger partial charge >= 0.3 is 0 Å². The van der Waals surface area contributed by atoms with Gasteiger partial charge in [-0.25, -0.2) is 4.39 Å². The van der Waals surface area contributed by atoms with Gasteiger partial charge in [-0.05, 0) is 42.8 Å². The highest BCUT2D eigenvalue weighted by atomic mass is 19.1. The van der Waals surface area contributed by atoms with Crippen LogP contribution in [0.2, 0.25) is 0 Å². The van der Waals surface area contributed by atoms with E-state index in [1.807, 2.05) is 12.1 Å². The van der Waals surface area contributed by atoms with Crippen molar-refractivity contribution in [1.82, 2.24) is 0 Å². The van der Waals surface area contributed by atoms with Crippen LogP contribution in [0.3, 0.4) is 0 Å². The van der Waals surface area contributed by atoms with Gasteiger partial charge in [0.1, 0.15) is 30.5 Å². The molecule has 2 rings (SSSR count). The first kappa shape index (κ1) is 13.2. The first-order chi connectivity index (χ1) is 9.15. The minimum atomic E-state index is -0.263. The second-order valence-corrected chi connectivity index (χ2v) is 4.18. The molecule has 0 radical (unpaired) electrons. The smallest absolute Gasteiger partial charge is 0.123 e. The molecule has 0 atom stereocenters. The van der Waals surface area contributed by atoms with Crippen molar-refractivity contribution in [2.45, 2.75) is 6.92 Å². The average molecular weight is 261 g/mol. The van der Waals surface area contributed by atoms with E-state index in [-0.39, 0.29) is 5.82 Å². The number of nitrogens with two attached hydrogens (primary N) is 1. The third-order valence-electron chi connectivity index (χ3n) is 2.60. The molecule has 0 heterocycles. The monoisotopic (exact) mass is 261 g/mol. The van der Waals surface area contributed by atoms with Crippen molar-refractivity contribution in [3.63, 3.8) is 0 Å². The van der Waals surface area contributed by atoms with Crippen molar-refractivity contribution in [1.29, 1.82) is 0 Å². The summed E-state index contributed by atoms with van der Waals surface area (Å²) in [7, 11) is 0. The van der Waals surface area contributed by atoms with E-state index in [0.29, 0.717) is 30.4 Å². The van der Waals surface area contributed by atoms with E-state index in [9.17, 15) is 4.39 Å². The number of ether oxygens (including phenoxy) is 2. The lowest BCUT2D eigenvalue weighted by Crippen LogP contribution is -2.09. The van der Waals surface area contributed by atoms with Crippen LogP contribution in [0.15, 0.2) is 42.5 Å². The van der Waals surface area contributed by atoms with Gasteiger partial charge in [-0.2, -0.15) is 0 Å². The Morgan fingerprint density at radius 1 is 1.05 bits per heavy atom. The van der Waals surface area contributed by atoms with E-state index in [2.05, 4.69) is 0 Å². The fourth-order valence-electron chi connectivity index (χ4n) is 1.69. The lowest BCUT2D eigenvalue weighted by Gasteiger charge is -2.10. The summed E-state index contributed by atoms with van der Waals surface area (Å²) >= 11 is 0. The number of nitrogen functional groups attached to an aromatic ring is 1. The number of hydrogen-bond acceptors (Lipinski definition) is 3. The Labute approximate surface area is 111 Å². The Morgan fingerprint density at radius 3 is 2.58 bits per heavy atom. The summed E-state index contributed by atoms with van der Waals surface area (Å²) in [5, 5.41) is 0. The second-order valence-electron chi connectivity index (χ2n) is 4.18. The van der Waals surface area contributed by atoms with Crippen molar-refractivity contribution < 1.29 is 13.9 Å². The molecule has 0 amide bonds. The highest BCUT2D eigenvalue weighted by Crippen LogP contribution is 2.18. The summed E-state index contributed by atoms with van der Waals surface area (Å²) in [6, 6.07) is 11.6. The summed E-state index contributed by atoms with van der Waals surface area (Å²) < 4.78 is 23.9. The Morgan fingerprint density at radius 2 is 1.84 bits per heavy atom. The lowest BCUT2D eigenvalue weighted by molar-refractivity contribution is 0.216. The molecule has 0 aliphatic heterocycles. The van der Waals surface area contributed by atoms with Gasteiger partial charge in [0, 0.05) is 11.8 Å². The first-order valence-electron chi connectivity index (χ1n) is 6.02. The number of hydrogen-bond donors (Lipinski definition) is 1. The van der Waals surface area contributed by atoms with E-state index in [1.54, 1.807) is 25.1 Å². The predicted molar refractivity (Wildman–Crippen MR) is 73.0 cm³/mol. The van der Waals surface area contributed by atoms with Crippen LogP contribution in [0, 0.1) is 12.7 Å². The van der Waals surface area contributed by atoms with Crippen molar-refractivity contribution in [2.75, 3.05) is 18.9 Å². The number of halogens is 1. The molecule has 0 aliphatic carbocycles. The summed E-state index contributed by atoms with van der Waals surface area (Å²) in [4.78, 5) is 0. The van der Waals surface area contributed by atoms with Crippen LogP contribution in [-0.2, 0) is 0 Å². The SMILES string of the molecule is Cc1cc(F)ccc1OCCOc1cccc(N)c1. The molecule has 0 aliphatic rings.